The Morgan fingerprint density at radius 3 is 2.57 bits per heavy atom. The van der Waals surface area contributed by atoms with Gasteiger partial charge in [0.05, 0.1) is 29.2 Å². The van der Waals surface area contributed by atoms with Crippen molar-refractivity contribution in [2.75, 3.05) is 7.11 Å². The van der Waals surface area contributed by atoms with Crippen molar-refractivity contribution in [3.05, 3.63) is 120 Å². The molecule has 0 aromatic heterocycles. The first kappa shape index (κ1) is 24.5. The number of nitro groups is 1. The lowest BCUT2D eigenvalue weighted by atomic mass is 9.79. The highest BCUT2D eigenvalue weighted by atomic mass is 79.9. The van der Waals surface area contributed by atoms with Gasteiger partial charge in [0.1, 0.15) is 12.4 Å². The van der Waals surface area contributed by atoms with Crippen LogP contribution in [-0.4, -0.2) is 23.8 Å². The predicted octanol–water partition coefficient (Wildman–Crippen LogP) is 5.68. The standard InChI is InChI=1S/C28H21BrN2O6/c1-15-23(28(33)36-2)24(25-26(30-15)19-8-3-4-9-20(19)27(25)32)21-13-17(29)10-11-22(21)37-14-16-6-5-7-18(12-16)31(34)35/h3-13,24,30H,14H2,1-2H3/t24-/m0/s1. The quantitative estimate of drug-likeness (QED) is 0.235. The third-order valence-corrected chi connectivity index (χ3v) is 6.95. The number of allylic oxidation sites excluding steroid dienone is 2. The van der Waals surface area contributed by atoms with Crippen molar-refractivity contribution in [1.82, 2.24) is 5.32 Å². The van der Waals surface area contributed by atoms with Gasteiger partial charge in [-0.2, -0.15) is 0 Å². The van der Waals surface area contributed by atoms with Crippen LogP contribution in [0.15, 0.2) is 88.0 Å². The maximum absolute atomic E-state index is 13.7. The summed E-state index contributed by atoms with van der Waals surface area (Å²) in [5, 5.41) is 14.4. The zero-order valence-corrected chi connectivity index (χ0v) is 21.5. The Hall–Kier alpha value is -4.24. The average molecular weight is 561 g/mol. The lowest BCUT2D eigenvalue weighted by Crippen LogP contribution is -2.29. The monoisotopic (exact) mass is 560 g/mol. The van der Waals surface area contributed by atoms with Gasteiger partial charge in [0, 0.05) is 44.6 Å². The van der Waals surface area contributed by atoms with Crippen molar-refractivity contribution in [1.29, 1.82) is 0 Å². The highest BCUT2D eigenvalue weighted by molar-refractivity contribution is 9.10. The zero-order valence-electron chi connectivity index (χ0n) is 19.9. The topological polar surface area (TPSA) is 108 Å². The molecule has 186 valence electrons. The minimum Gasteiger partial charge on any atom is -0.489 e. The Kier molecular flexibility index (Phi) is 6.39. The molecule has 5 rings (SSSR count). The van der Waals surface area contributed by atoms with E-state index in [-0.39, 0.29) is 18.1 Å². The van der Waals surface area contributed by atoms with Crippen molar-refractivity contribution in [2.45, 2.75) is 19.4 Å². The number of hydrogen-bond acceptors (Lipinski definition) is 7. The van der Waals surface area contributed by atoms with Gasteiger partial charge in [-0.25, -0.2) is 4.79 Å². The van der Waals surface area contributed by atoms with Crippen LogP contribution >= 0.6 is 15.9 Å². The van der Waals surface area contributed by atoms with E-state index in [4.69, 9.17) is 9.47 Å². The largest absolute Gasteiger partial charge is 0.489 e. The van der Waals surface area contributed by atoms with E-state index in [1.807, 2.05) is 18.2 Å². The van der Waals surface area contributed by atoms with Crippen molar-refractivity contribution >= 4 is 39.1 Å². The number of benzene rings is 3. The van der Waals surface area contributed by atoms with E-state index in [2.05, 4.69) is 21.2 Å². The molecular weight excluding hydrogens is 540 g/mol. The number of fused-ring (bicyclic) bond motifs is 2. The van der Waals surface area contributed by atoms with Crippen LogP contribution in [0.4, 0.5) is 5.69 Å². The summed E-state index contributed by atoms with van der Waals surface area (Å²) in [7, 11) is 1.30. The summed E-state index contributed by atoms with van der Waals surface area (Å²) < 4.78 is 12.0. The molecule has 1 aliphatic heterocycles. The summed E-state index contributed by atoms with van der Waals surface area (Å²) in [6, 6.07) is 18.9. The number of hydrogen-bond donors (Lipinski definition) is 1. The van der Waals surface area contributed by atoms with E-state index in [0.717, 1.165) is 10.0 Å². The SMILES string of the molecule is COC(=O)C1=C(C)NC2=C(C(=O)c3ccccc32)[C@H]1c1cc(Br)ccc1OCc1cccc([N+](=O)[O-])c1. The number of esters is 1. The van der Waals surface area contributed by atoms with Gasteiger partial charge in [-0.1, -0.05) is 52.3 Å². The molecule has 1 aliphatic carbocycles. The van der Waals surface area contributed by atoms with E-state index in [1.165, 1.54) is 19.2 Å². The number of nitro benzene ring substituents is 1. The molecule has 0 bridgehead atoms. The summed E-state index contributed by atoms with van der Waals surface area (Å²) in [6.07, 6.45) is 0. The average Bonchev–Trinajstić information content (AvgIpc) is 3.18. The number of Topliss-reactive ketones (excluding diaryl/α,β-unsaturated/α-hetero) is 1. The maximum Gasteiger partial charge on any atom is 0.336 e. The van der Waals surface area contributed by atoms with Crippen LogP contribution in [0.5, 0.6) is 5.75 Å². The summed E-state index contributed by atoms with van der Waals surface area (Å²) >= 11 is 3.51. The fourth-order valence-corrected chi connectivity index (χ4v) is 5.20. The normalized spacial score (nSPS) is 16.2. The van der Waals surface area contributed by atoms with Gasteiger partial charge in [-0.05, 0) is 30.7 Å². The molecule has 3 aromatic carbocycles. The molecule has 2 aliphatic rings. The van der Waals surface area contributed by atoms with Crippen molar-refractivity contribution in [3.63, 3.8) is 0 Å². The first-order valence-electron chi connectivity index (χ1n) is 11.4. The molecule has 9 heteroatoms. The summed E-state index contributed by atoms with van der Waals surface area (Å²) in [4.78, 5) is 37.4. The Bertz CT molecular complexity index is 1540. The number of rotatable bonds is 6. The molecule has 0 saturated heterocycles. The number of carbonyl (C=O) groups excluding carboxylic acids is 2. The number of ketones is 1. The first-order valence-corrected chi connectivity index (χ1v) is 12.2. The summed E-state index contributed by atoms with van der Waals surface area (Å²) in [5.74, 6) is -1.07. The van der Waals surface area contributed by atoms with Crippen LogP contribution in [-0.2, 0) is 16.1 Å². The molecule has 1 heterocycles. The number of ether oxygens (including phenoxy) is 2. The van der Waals surface area contributed by atoms with Crippen LogP contribution < -0.4 is 10.1 Å². The number of halogens is 1. The zero-order chi connectivity index (χ0) is 26.3. The van der Waals surface area contributed by atoms with Crippen molar-refractivity contribution in [3.8, 4) is 5.75 Å². The molecular formula is C28H21BrN2O6. The molecule has 1 N–H and O–H groups in total. The van der Waals surface area contributed by atoms with Gasteiger partial charge in [-0.3, -0.25) is 14.9 Å². The van der Waals surface area contributed by atoms with E-state index >= 15 is 0 Å². The third kappa shape index (κ3) is 4.31. The van der Waals surface area contributed by atoms with Gasteiger partial charge < -0.3 is 14.8 Å². The Morgan fingerprint density at radius 2 is 1.84 bits per heavy atom. The Balaban J connectivity index is 1.62. The molecule has 0 fully saturated rings. The van der Waals surface area contributed by atoms with Crippen molar-refractivity contribution in [2.24, 2.45) is 0 Å². The van der Waals surface area contributed by atoms with Gasteiger partial charge in [-0.15, -0.1) is 0 Å². The molecule has 0 spiro atoms. The van der Waals surface area contributed by atoms with Gasteiger partial charge in [0.15, 0.2) is 5.78 Å². The molecule has 1 atom stereocenters. The number of carbonyl (C=O) groups is 2. The van der Waals surface area contributed by atoms with Crippen LogP contribution in [0, 0.1) is 10.1 Å². The lowest BCUT2D eigenvalue weighted by molar-refractivity contribution is -0.384. The number of nitrogens with zero attached hydrogens (tertiary/aromatic N) is 1. The highest BCUT2D eigenvalue weighted by Gasteiger charge is 2.43. The maximum atomic E-state index is 13.7. The van der Waals surface area contributed by atoms with E-state index < -0.39 is 16.8 Å². The lowest BCUT2D eigenvalue weighted by Gasteiger charge is -2.30. The minimum absolute atomic E-state index is 0.0360. The second-order valence-corrected chi connectivity index (χ2v) is 9.57. The molecule has 0 unspecified atom stereocenters. The Labute approximate surface area is 220 Å². The third-order valence-electron chi connectivity index (χ3n) is 6.45. The molecule has 0 radical (unpaired) electrons. The second-order valence-electron chi connectivity index (χ2n) is 8.65. The van der Waals surface area contributed by atoms with Gasteiger partial charge in [0.2, 0.25) is 0 Å². The number of methoxy groups -OCH3 is 1. The van der Waals surface area contributed by atoms with E-state index in [9.17, 15) is 19.7 Å². The highest BCUT2D eigenvalue weighted by Crippen LogP contribution is 2.49. The predicted molar refractivity (Wildman–Crippen MR) is 140 cm³/mol. The molecule has 3 aromatic rings. The van der Waals surface area contributed by atoms with Gasteiger partial charge >= 0.3 is 5.97 Å². The number of non-ortho nitro benzene ring substituents is 1. The first-order chi connectivity index (χ1) is 17.8. The minimum atomic E-state index is -0.763. The van der Waals surface area contributed by atoms with Crippen LogP contribution in [0.25, 0.3) is 5.70 Å². The van der Waals surface area contributed by atoms with Gasteiger partial charge in [0.25, 0.3) is 5.69 Å². The number of dihydropyridines is 1. The van der Waals surface area contributed by atoms with Crippen LogP contribution in [0.2, 0.25) is 0 Å². The smallest absolute Gasteiger partial charge is 0.336 e. The molecule has 8 nitrogen and oxygen atoms in total. The summed E-state index contributed by atoms with van der Waals surface area (Å²) in [6.45, 7) is 1.83. The second kappa shape index (κ2) is 9.67. The van der Waals surface area contributed by atoms with Crippen molar-refractivity contribution < 1.29 is 24.0 Å². The Morgan fingerprint density at radius 1 is 1.08 bits per heavy atom. The van der Waals surface area contributed by atoms with Crippen LogP contribution in [0.1, 0.15) is 39.9 Å². The molecule has 37 heavy (non-hydrogen) atoms. The molecule has 0 amide bonds. The van der Waals surface area contributed by atoms with Crippen LogP contribution in [0.3, 0.4) is 0 Å². The number of nitrogens with one attached hydrogen (secondary N) is 1. The fraction of sp³-hybridized carbons (Fsp3) is 0.143. The van der Waals surface area contributed by atoms with E-state index in [0.29, 0.717) is 45.0 Å². The molecule has 0 saturated carbocycles. The summed E-state index contributed by atoms with van der Waals surface area (Å²) in [5.41, 5.74) is 4.46. The van der Waals surface area contributed by atoms with E-state index in [1.54, 1.807) is 43.3 Å². The fourth-order valence-electron chi connectivity index (χ4n) is 4.82.